The van der Waals surface area contributed by atoms with E-state index in [0.717, 1.165) is 32.6 Å². The van der Waals surface area contributed by atoms with E-state index in [1.807, 2.05) is 0 Å². The van der Waals surface area contributed by atoms with Crippen molar-refractivity contribution in [1.82, 2.24) is 14.9 Å². The van der Waals surface area contributed by atoms with Crippen molar-refractivity contribution in [3.05, 3.63) is 28.9 Å². The van der Waals surface area contributed by atoms with E-state index in [0.29, 0.717) is 12.6 Å². The van der Waals surface area contributed by atoms with Gasteiger partial charge in [0.15, 0.2) is 0 Å². The highest BCUT2D eigenvalue weighted by Gasteiger charge is 2.12. The Bertz CT molecular complexity index is 371. The van der Waals surface area contributed by atoms with Gasteiger partial charge in [0.05, 0.1) is 0 Å². The van der Waals surface area contributed by atoms with Crippen LogP contribution in [-0.4, -0.2) is 35.4 Å². The highest BCUT2D eigenvalue weighted by Crippen LogP contribution is 2.05. The molecule has 2 heterocycles. The lowest BCUT2D eigenvalue weighted by atomic mass is 10.1. The normalized spacial score (nSPS) is 17.5. The van der Waals surface area contributed by atoms with Crippen molar-refractivity contribution in [2.75, 3.05) is 19.8 Å². The molecular formula is C11H17N3O2. The van der Waals surface area contributed by atoms with Gasteiger partial charge in [0.25, 0.3) is 0 Å². The van der Waals surface area contributed by atoms with Gasteiger partial charge in [-0.15, -0.1) is 0 Å². The van der Waals surface area contributed by atoms with Gasteiger partial charge >= 0.3 is 5.69 Å². The number of nitrogens with zero attached hydrogens (tertiary/aromatic N) is 2. The molecular weight excluding hydrogens is 206 g/mol. The van der Waals surface area contributed by atoms with Crippen molar-refractivity contribution in [2.24, 2.45) is 0 Å². The van der Waals surface area contributed by atoms with Crippen LogP contribution in [-0.2, 0) is 11.3 Å². The van der Waals surface area contributed by atoms with Crippen LogP contribution in [0.25, 0.3) is 0 Å². The number of rotatable bonds is 4. The summed E-state index contributed by atoms with van der Waals surface area (Å²) in [4.78, 5) is 15.0. The van der Waals surface area contributed by atoms with Gasteiger partial charge in [-0.05, 0) is 18.9 Å². The maximum atomic E-state index is 11.3. The second-order valence-electron chi connectivity index (χ2n) is 3.94. The molecule has 1 aliphatic rings. The predicted octanol–water partition coefficient (Wildman–Crippen LogP) is 0.0119. The minimum absolute atomic E-state index is 0.184. The van der Waals surface area contributed by atoms with Crippen LogP contribution >= 0.6 is 0 Å². The summed E-state index contributed by atoms with van der Waals surface area (Å²) in [6, 6.07) is 2.30. The molecule has 88 valence electrons. The van der Waals surface area contributed by atoms with E-state index in [9.17, 15) is 4.79 Å². The minimum Gasteiger partial charge on any atom is -0.381 e. The zero-order valence-electron chi connectivity index (χ0n) is 9.26. The molecule has 0 unspecified atom stereocenters. The van der Waals surface area contributed by atoms with E-state index in [1.165, 1.54) is 6.20 Å². The fourth-order valence-electron chi connectivity index (χ4n) is 1.85. The van der Waals surface area contributed by atoms with Crippen LogP contribution in [0.2, 0.25) is 0 Å². The molecule has 0 radical (unpaired) electrons. The fourth-order valence-corrected chi connectivity index (χ4v) is 1.85. The lowest BCUT2D eigenvalue weighted by Gasteiger charge is -2.23. The highest BCUT2D eigenvalue weighted by atomic mass is 16.5. The molecule has 1 aromatic rings. The third kappa shape index (κ3) is 3.15. The first-order chi connectivity index (χ1) is 7.86. The summed E-state index contributed by atoms with van der Waals surface area (Å²) >= 11 is 0. The molecule has 5 heteroatoms. The molecule has 0 bridgehead atoms. The molecule has 0 amide bonds. The third-order valence-corrected chi connectivity index (χ3v) is 2.79. The zero-order valence-corrected chi connectivity index (χ0v) is 9.26. The van der Waals surface area contributed by atoms with Crippen molar-refractivity contribution >= 4 is 0 Å². The highest BCUT2D eigenvalue weighted by molar-refractivity contribution is 4.81. The fraction of sp³-hybridized carbons (Fsp3) is 0.636. The Hall–Kier alpha value is -1.20. The topological polar surface area (TPSA) is 56.2 Å². The molecule has 0 atom stereocenters. The molecule has 5 nitrogen and oxygen atoms in total. The molecule has 0 aliphatic carbocycles. The van der Waals surface area contributed by atoms with Gasteiger partial charge in [-0.3, -0.25) is 4.57 Å². The first kappa shape index (κ1) is 11.3. The van der Waals surface area contributed by atoms with Crippen molar-refractivity contribution in [2.45, 2.75) is 25.4 Å². The Morgan fingerprint density at radius 2 is 2.31 bits per heavy atom. The first-order valence-corrected chi connectivity index (χ1v) is 5.69. The molecule has 16 heavy (non-hydrogen) atoms. The second kappa shape index (κ2) is 5.77. The van der Waals surface area contributed by atoms with Gasteiger partial charge in [-0.2, -0.15) is 0 Å². The standard InChI is InChI=1S/C11H17N3O2/c15-11-13-4-1-6-14(11)7-5-12-10-2-8-16-9-3-10/h1,4,6,10,12H,2-3,5,7-9H2. The average Bonchev–Trinajstić information content (AvgIpc) is 2.33. The van der Waals surface area contributed by atoms with Crippen molar-refractivity contribution in [3.63, 3.8) is 0 Å². The zero-order chi connectivity index (χ0) is 11.2. The van der Waals surface area contributed by atoms with Crippen LogP contribution in [0.15, 0.2) is 23.3 Å². The quantitative estimate of drug-likeness (QED) is 0.781. The summed E-state index contributed by atoms with van der Waals surface area (Å²) in [5, 5.41) is 3.43. The van der Waals surface area contributed by atoms with Gasteiger partial charge in [0.1, 0.15) is 0 Å². The van der Waals surface area contributed by atoms with E-state index < -0.39 is 0 Å². The van der Waals surface area contributed by atoms with Gasteiger partial charge < -0.3 is 10.1 Å². The molecule has 0 saturated carbocycles. The molecule has 1 aromatic heterocycles. The van der Waals surface area contributed by atoms with E-state index in [1.54, 1.807) is 16.8 Å². The Kier molecular flexibility index (Phi) is 4.07. The summed E-state index contributed by atoms with van der Waals surface area (Å²) in [5.74, 6) is 0. The van der Waals surface area contributed by atoms with Crippen molar-refractivity contribution in [3.8, 4) is 0 Å². The van der Waals surface area contributed by atoms with Crippen molar-refractivity contribution in [1.29, 1.82) is 0 Å². The Labute approximate surface area is 94.5 Å². The summed E-state index contributed by atoms with van der Waals surface area (Å²) in [6.07, 6.45) is 5.40. The largest absolute Gasteiger partial charge is 0.381 e. The molecule has 0 spiro atoms. The lowest BCUT2D eigenvalue weighted by molar-refractivity contribution is 0.0778. The molecule has 1 saturated heterocycles. The number of nitrogens with one attached hydrogen (secondary N) is 1. The lowest BCUT2D eigenvalue weighted by Crippen LogP contribution is -2.37. The summed E-state index contributed by atoms with van der Waals surface area (Å²) < 4.78 is 6.90. The molecule has 1 fully saturated rings. The SMILES string of the molecule is O=c1ncccn1CCNC1CCOCC1. The Balaban J connectivity index is 1.75. The van der Waals surface area contributed by atoms with Crippen LogP contribution in [0.3, 0.4) is 0 Å². The monoisotopic (exact) mass is 223 g/mol. The van der Waals surface area contributed by atoms with E-state index in [-0.39, 0.29) is 5.69 Å². The van der Waals surface area contributed by atoms with E-state index >= 15 is 0 Å². The average molecular weight is 223 g/mol. The van der Waals surface area contributed by atoms with Gasteiger partial charge in [0, 0.05) is 44.7 Å². The van der Waals surface area contributed by atoms with Crippen LogP contribution in [0.5, 0.6) is 0 Å². The summed E-state index contributed by atoms with van der Waals surface area (Å²) in [7, 11) is 0. The summed E-state index contributed by atoms with van der Waals surface area (Å²) in [5.41, 5.74) is -0.184. The maximum Gasteiger partial charge on any atom is 0.347 e. The van der Waals surface area contributed by atoms with Crippen LogP contribution in [0, 0.1) is 0 Å². The van der Waals surface area contributed by atoms with Crippen molar-refractivity contribution < 1.29 is 4.74 Å². The van der Waals surface area contributed by atoms with Gasteiger partial charge in [0.2, 0.25) is 0 Å². The van der Waals surface area contributed by atoms with Crippen LogP contribution in [0.1, 0.15) is 12.8 Å². The Morgan fingerprint density at radius 1 is 1.50 bits per heavy atom. The minimum atomic E-state index is -0.184. The van der Waals surface area contributed by atoms with Gasteiger partial charge in [-0.1, -0.05) is 0 Å². The molecule has 1 N–H and O–H groups in total. The number of hydrogen-bond donors (Lipinski definition) is 1. The maximum absolute atomic E-state index is 11.3. The summed E-state index contributed by atoms with van der Waals surface area (Å²) in [6.45, 7) is 3.15. The molecule has 2 rings (SSSR count). The third-order valence-electron chi connectivity index (χ3n) is 2.79. The molecule has 1 aliphatic heterocycles. The van der Waals surface area contributed by atoms with E-state index in [2.05, 4.69) is 10.3 Å². The van der Waals surface area contributed by atoms with Crippen LogP contribution in [0.4, 0.5) is 0 Å². The number of hydrogen-bond acceptors (Lipinski definition) is 4. The number of ether oxygens (including phenoxy) is 1. The smallest absolute Gasteiger partial charge is 0.347 e. The van der Waals surface area contributed by atoms with E-state index in [4.69, 9.17) is 4.74 Å². The predicted molar refractivity (Wildman–Crippen MR) is 60.3 cm³/mol. The Morgan fingerprint density at radius 3 is 3.06 bits per heavy atom. The number of aromatic nitrogens is 2. The van der Waals surface area contributed by atoms with Crippen LogP contribution < -0.4 is 11.0 Å². The first-order valence-electron chi connectivity index (χ1n) is 5.69. The van der Waals surface area contributed by atoms with Gasteiger partial charge in [-0.25, -0.2) is 9.78 Å². The molecule has 0 aromatic carbocycles. The second-order valence-corrected chi connectivity index (χ2v) is 3.94.